The van der Waals surface area contributed by atoms with Crippen LogP contribution in [0.2, 0.25) is 0 Å². The SMILES string of the molecule is CC1CCC(CNC(=O)c2ccncc2C#CCN)C1. The first kappa shape index (κ1) is 14.5. The maximum Gasteiger partial charge on any atom is 0.252 e. The van der Waals surface area contributed by atoms with E-state index in [0.29, 0.717) is 17.0 Å². The van der Waals surface area contributed by atoms with Crippen LogP contribution in [0, 0.1) is 23.7 Å². The van der Waals surface area contributed by atoms with Gasteiger partial charge in [-0.25, -0.2) is 0 Å². The molecule has 1 aromatic rings. The molecule has 1 fully saturated rings. The highest BCUT2D eigenvalue weighted by Gasteiger charge is 2.22. The Labute approximate surface area is 120 Å². The Bertz CT molecular complexity index is 530. The largest absolute Gasteiger partial charge is 0.352 e. The molecule has 0 radical (unpaired) electrons. The summed E-state index contributed by atoms with van der Waals surface area (Å²) in [4.78, 5) is 16.2. The van der Waals surface area contributed by atoms with E-state index in [2.05, 4.69) is 29.1 Å². The minimum atomic E-state index is -0.0757. The van der Waals surface area contributed by atoms with Gasteiger partial charge in [-0.05, 0) is 30.7 Å². The van der Waals surface area contributed by atoms with Crippen LogP contribution in [0.25, 0.3) is 0 Å². The van der Waals surface area contributed by atoms with Crippen LogP contribution in [0.3, 0.4) is 0 Å². The summed E-state index contributed by atoms with van der Waals surface area (Å²) in [6.45, 7) is 3.29. The summed E-state index contributed by atoms with van der Waals surface area (Å²) in [5.74, 6) is 6.96. The third-order valence-corrected chi connectivity index (χ3v) is 3.75. The molecule has 4 heteroatoms. The van der Waals surface area contributed by atoms with Crippen molar-refractivity contribution in [2.75, 3.05) is 13.1 Å². The van der Waals surface area contributed by atoms with E-state index in [4.69, 9.17) is 5.73 Å². The van der Waals surface area contributed by atoms with Crippen LogP contribution in [0.4, 0.5) is 0 Å². The number of hydrogen-bond donors (Lipinski definition) is 2. The second-order valence-electron chi connectivity index (χ2n) is 5.42. The van der Waals surface area contributed by atoms with Crippen LogP contribution >= 0.6 is 0 Å². The number of carbonyl (C=O) groups excluding carboxylic acids is 1. The van der Waals surface area contributed by atoms with Crippen molar-refractivity contribution in [2.45, 2.75) is 26.2 Å². The number of amides is 1. The van der Waals surface area contributed by atoms with Gasteiger partial charge in [0.15, 0.2) is 0 Å². The standard InChI is InChI=1S/C16H21N3O/c1-12-4-5-13(9-12)10-19-16(20)15-6-8-18-11-14(15)3-2-7-17/h6,8,11-13H,4-5,7,9-10,17H2,1H3,(H,19,20). The lowest BCUT2D eigenvalue weighted by molar-refractivity contribution is 0.0947. The molecule has 1 saturated carbocycles. The molecule has 1 aliphatic rings. The highest BCUT2D eigenvalue weighted by molar-refractivity contribution is 5.96. The summed E-state index contributed by atoms with van der Waals surface area (Å²) in [5.41, 5.74) is 6.57. The van der Waals surface area contributed by atoms with Gasteiger partial charge in [0.25, 0.3) is 5.91 Å². The Balaban J connectivity index is 1.98. The van der Waals surface area contributed by atoms with E-state index in [1.807, 2.05) is 0 Å². The summed E-state index contributed by atoms with van der Waals surface area (Å²) in [7, 11) is 0. The van der Waals surface area contributed by atoms with Gasteiger partial charge < -0.3 is 11.1 Å². The van der Waals surface area contributed by atoms with E-state index >= 15 is 0 Å². The molecule has 2 unspecified atom stereocenters. The zero-order valence-electron chi connectivity index (χ0n) is 11.9. The number of aromatic nitrogens is 1. The number of carbonyl (C=O) groups is 1. The minimum Gasteiger partial charge on any atom is -0.352 e. The summed E-state index contributed by atoms with van der Waals surface area (Å²) in [5, 5.41) is 3.01. The third kappa shape index (κ3) is 3.82. The molecular formula is C16H21N3O. The van der Waals surface area contributed by atoms with E-state index in [-0.39, 0.29) is 12.5 Å². The fraction of sp³-hybridized carbons (Fsp3) is 0.500. The van der Waals surface area contributed by atoms with Crippen LogP contribution < -0.4 is 11.1 Å². The normalized spacial score (nSPS) is 21.1. The minimum absolute atomic E-state index is 0.0757. The Morgan fingerprint density at radius 3 is 3.10 bits per heavy atom. The first-order valence-corrected chi connectivity index (χ1v) is 7.12. The molecule has 2 rings (SSSR count). The van der Waals surface area contributed by atoms with Crippen molar-refractivity contribution >= 4 is 5.91 Å². The summed E-state index contributed by atoms with van der Waals surface area (Å²) in [6.07, 6.45) is 6.90. The molecule has 1 aliphatic carbocycles. The quantitative estimate of drug-likeness (QED) is 0.820. The van der Waals surface area contributed by atoms with Crippen LogP contribution in [-0.4, -0.2) is 24.0 Å². The number of pyridine rings is 1. The first-order chi connectivity index (χ1) is 9.70. The predicted octanol–water partition coefficient (Wildman–Crippen LogP) is 1.56. The van der Waals surface area contributed by atoms with Crippen LogP contribution in [-0.2, 0) is 0 Å². The summed E-state index contributed by atoms with van der Waals surface area (Å²) < 4.78 is 0. The molecule has 1 heterocycles. The summed E-state index contributed by atoms with van der Waals surface area (Å²) in [6, 6.07) is 1.70. The van der Waals surface area contributed by atoms with Crippen molar-refractivity contribution in [2.24, 2.45) is 17.6 Å². The Morgan fingerprint density at radius 1 is 1.55 bits per heavy atom. The number of rotatable bonds is 3. The fourth-order valence-electron chi connectivity index (χ4n) is 2.68. The van der Waals surface area contributed by atoms with Crippen molar-refractivity contribution in [3.8, 4) is 11.8 Å². The van der Waals surface area contributed by atoms with Crippen LogP contribution in [0.1, 0.15) is 42.1 Å². The first-order valence-electron chi connectivity index (χ1n) is 7.12. The molecule has 0 saturated heterocycles. The maximum absolute atomic E-state index is 12.2. The molecule has 20 heavy (non-hydrogen) atoms. The highest BCUT2D eigenvalue weighted by atomic mass is 16.1. The molecule has 2 atom stereocenters. The predicted molar refractivity (Wildman–Crippen MR) is 79.0 cm³/mol. The maximum atomic E-state index is 12.2. The lowest BCUT2D eigenvalue weighted by atomic mass is 10.1. The molecule has 1 aromatic heterocycles. The number of nitrogens with two attached hydrogens (primary N) is 1. The second-order valence-corrected chi connectivity index (χ2v) is 5.42. The summed E-state index contributed by atoms with van der Waals surface area (Å²) >= 11 is 0. The van der Waals surface area contributed by atoms with E-state index in [1.54, 1.807) is 18.5 Å². The number of nitrogens with one attached hydrogen (secondary N) is 1. The van der Waals surface area contributed by atoms with Crippen LogP contribution in [0.15, 0.2) is 18.5 Å². The van der Waals surface area contributed by atoms with E-state index in [0.717, 1.165) is 12.5 Å². The zero-order valence-corrected chi connectivity index (χ0v) is 11.9. The van der Waals surface area contributed by atoms with Gasteiger partial charge >= 0.3 is 0 Å². The molecule has 0 bridgehead atoms. The van der Waals surface area contributed by atoms with Gasteiger partial charge in [0.05, 0.1) is 17.7 Å². The molecular weight excluding hydrogens is 250 g/mol. The monoisotopic (exact) mass is 271 g/mol. The van der Waals surface area contributed by atoms with Gasteiger partial charge in [-0.2, -0.15) is 0 Å². The highest BCUT2D eigenvalue weighted by Crippen LogP contribution is 2.29. The van der Waals surface area contributed by atoms with Crippen molar-refractivity contribution in [3.05, 3.63) is 29.6 Å². The average Bonchev–Trinajstić information content (AvgIpc) is 2.88. The third-order valence-electron chi connectivity index (χ3n) is 3.75. The smallest absolute Gasteiger partial charge is 0.252 e. The van der Waals surface area contributed by atoms with Gasteiger partial charge in [0.2, 0.25) is 0 Å². The average molecular weight is 271 g/mol. The Hall–Kier alpha value is -1.86. The molecule has 0 aromatic carbocycles. The van der Waals surface area contributed by atoms with E-state index < -0.39 is 0 Å². The second kappa shape index (κ2) is 7.06. The van der Waals surface area contributed by atoms with Gasteiger partial charge in [-0.3, -0.25) is 9.78 Å². The lowest BCUT2D eigenvalue weighted by Gasteiger charge is -2.11. The van der Waals surface area contributed by atoms with E-state index in [9.17, 15) is 4.79 Å². The number of nitrogens with zero attached hydrogens (tertiary/aromatic N) is 1. The molecule has 3 N–H and O–H groups in total. The molecule has 106 valence electrons. The molecule has 1 amide bonds. The lowest BCUT2D eigenvalue weighted by Crippen LogP contribution is -2.29. The van der Waals surface area contributed by atoms with Crippen LogP contribution in [0.5, 0.6) is 0 Å². The van der Waals surface area contributed by atoms with Gasteiger partial charge in [-0.1, -0.05) is 25.2 Å². The molecule has 0 spiro atoms. The van der Waals surface area contributed by atoms with Crippen molar-refractivity contribution in [1.82, 2.24) is 10.3 Å². The van der Waals surface area contributed by atoms with Crippen molar-refractivity contribution in [3.63, 3.8) is 0 Å². The topological polar surface area (TPSA) is 68.0 Å². The molecule has 4 nitrogen and oxygen atoms in total. The van der Waals surface area contributed by atoms with Crippen molar-refractivity contribution in [1.29, 1.82) is 0 Å². The zero-order chi connectivity index (χ0) is 14.4. The van der Waals surface area contributed by atoms with Gasteiger partial charge in [0.1, 0.15) is 0 Å². The molecule has 0 aliphatic heterocycles. The Kier molecular flexibility index (Phi) is 5.14. The fourth-order valence-corrected chi connectivity index (χ4v) is 2.68. The Morgan fingerprint density at radius 2 is 2.40 bits per heavy atom. The number of hydrogen-bond acceptors (Lipinski definition) is 3. The van der Waals surface area contributed by atoms with E-state index in [1.165, 1.54) is 19.3 Å². The van der Waals surface area contributed by atoms with Gasteiger partial charge in [0, 0.05) is 18.9 Å². The van der Waals surface area contributed by atoms with Gasteiger partial charge in [-0.15, -0.1) is 0 Å². The van der Waals surface area contributed by atoms with Crippen molar-refractivity contribution < 1.29 is 4.79 Å².